The molecule has 0 spiro atoms. The lowest BCUT2D eigenvalue weighted by molar-refractivity contribution is -0.116. The lowest BCUT2D eigenvalue weighted by Crippen LogP contribution is -2.48. The molecule has 2 N–H and O–H groups in total. The predicted octanol–water partition coefficient (Wildman–Crippen LogP) is 1.62. The number of nitrogens with one attached hydrogen (secondary N) is 1. The van der Waals surface area contributed by atoms with Gasteiger partial charge >= 0.3 is 6.09 Å². The van der Waals surface area contributed by atoms with E-state index in [1.165, 1.54) is 4.90 Å². The first-order valence-corrected chi connectivity index (χ1v) is 7.11. The molecule has 1 saturated heterocycles. The Morgan fingerprint density at radius 3 is 2.57 bits per heavy atom. The predicted molar refractivity (Wildman–Crippen MR) is 80.5 cm³/mol. The summed E-state index contributed by atoms with van der Waals surface area (Å²) >= 11 is 0. The number of hydrogen-bond donors (Lipinski definition) is 2. The van der Waals surface area contributed by atoms with Gasteiger partial charge in [0.15, 0.2) is 0 Å². The van der Waals surface area contributed by atoms with Gasteiger partial charge < -0.3 is 15.3 Å². The molecule has 1 aliphatic rings. The van der Waals surface area contributed by atoms with E-state index in [-0.39, 0.29) is 5.91 Å². The van der Waals surface area contributed by atoms with Crippen LogP contribution in [0.1, 0.15) is 12.0 Å². The summed E-state index contributed by atoms with van der Waals surface area (Å²) in [6.45, 7) is 5.03. The quantitative estimate of drug-likeness (QED) is 0.884. The highest BCUT2D eigenvalue weighted by atomic mass is 16.4. The Morgan fingerprint density at radius 2 is 1.95 bits per heavy atom. The normalized spacial score (nSPS) is 15.8. The van der Waals surface area contributed by atoms with Crippen LogP contribution in [0.5, 0.6) is 0 Å². The molecule has 1 aromatic carbocycles. The highest BCUT2D eigenvalue weighted by Gasteiger charge is 2.20. The highest BCUT2D eigenvalue weighted by molar-refractivity contribution is 5.90. The molecule has 21 heavy (non-hydrogen) atoms. The number of rotatable bonds is 4. The molecule has 1 fully saturated rings. The molecule has 0 saturated carbocycles. The fourth-order valence-electron chi connectivity index (χ4n) is 2.37. The Balaban J connectivity index is 1.71. The standard InChI is InChI=1S/C15H21N3O3/c1-12-3-2-4-13(11-12)16-14(19)5-6-17-7-9-18(10-8-17)15(20)21/h2-4,11H,5-10H2,1H3,(H,16,19)(H,20,21). The maximum absolute atomic E-state index is 11.9. The molecule has 0 atom stereocenters. The molecule has 6 nitrogen and oxygen atoms in total. The van der Waals surface area contributed by atoms with Gasteiger partial charge in [-0.25, -0.2) is 4.79 Å². The minimum absolute atomic E-state index is 0.0127. The van der Waals surface area contributed by atoms with Crippen LogP contribution in [0.4, 0.5) is 10.5 Å². The summed E-state index contributed by atoms with van der Waals surface area (Å²) in [5.41, 5.74) is 1.92. The lowest BCUT2D eigenvalue weighted by atomic mass is 10.2. The monoisotopic (exact) mass is 291 g/mol. The van der Waals surface area contributed by atoms with Gasteiger partial charge in [-0.15, -0.1) is 0 Å². The zero-order chi connectivity index (χ0) is 15.2. The first-order chi connectivity index (χ1) is 10.0. The average molecular weight is 291 g/mol. The van der Waals surface area contributed by atoms with E-state index in [9.17, 15) is 9.59 Å². The minimum Gasteiger partial charge on any atom is -0.465 e. The Morgan fingerprint density at radius 1 is 1.24 bits per heavy atom. The zero-order valence-electron chi connectivity index (χ0n) is 12.2. The molecular formula is C15H21N3O3. The second kappa shape index (κ2) is 7.08. The number of aryl methyl sites for hydroxylation is 1. The molecule has 6 heteroatoms. The number of piperazine rings is 1. The highest BCUT2D eigenvalue weighted by Crippen LogP contribution is 2.10. The van der Waals surface area contributed by atoms with E-state index in [4.69, 9.17) is 5.11 Å². The van der Waals surface area contributed by atoms with Crippen molar-refractivity contribution in [3.8, 4) is 0 Å². The largest absolute Gasteiger partial charge is 0.465 e. The molecule has 0 aromatic heterocycles. The van der Waals surface area contributed by atoms with Crippen molar-refractivity contribution in [3.63, 3.8) is 0 Å². The zero-order valence-corrected chi connectivity index (χ0v) is 12.2. The van der Waals surface area contributed by atoms with Crippen molar-refractivity contribution < 1.29 is 14.7 Å². The number of nitrogens with zero attached hydrogens (tertiary/aromatic N) is 2. The summed E-state index contributed by atoms with van der Waals surface area (Å²) in [5.74, 6) is -0.0127. The molecule has 1 heterocycles. The molecule has 114 valence electrons. The van der Waals surface area contributed by atoms with Crippen LogP contribution in [0, 0.1) is 6.92 Å². The van der Waals surface area contributed by atoms with Crippen molar-refractivity contribution in [2.45, 2.75) is 13.3 Å². The Bertz CT molecular complexity index is 511. The van der Waals surface area contributed by atoms with Crippen molar-refractivity contribution in [3.05, 3.63) is 29.8 Å². The number of benzene rings is 1. The van der Waals surface area contributed by atoms with E-state index in [0.29, 0.717) is 39.1 Å². The van der Waals surface area contributed by atoms with E-state index in [1.807, 2.05) is 31.2 Å². The fraction of sp³-hybridized carbons (Fsp3) is 0.467. The number of anilines is 1. The van der Waals surface area contributed by atoms with Gasteiger partial charge in [-0.1, -0.05) is 12.1 Å². The molecule has 1 aliphatic heterocycles. The average Bonchev–Trinajstić information content (AvgIpc) is 2.45. The van der Waals surface area contributed by atoms with Crippen LogP contribution in [0.3, 0.4) is 0 Å². The van der Waals surface area contributed by atoms with E-state index in [0.717, 1.165) is 11.3 Å². The van der Waals surface area contributed by atoms with E-state index < -0.39 is 6.09 Å². The summed E-state index contributed by atoms with van der Waals surface area (Å²) < 4.78 is 0. The molecule has 1 aromatic rings. The third-order valence-corrected chi connectivity index (χ3v) is 3.60. The molecular weight excluding hydrogens is 270 g/mol. The van der Waals surface area contributed by atoms with Crippen LogP contribution in [0.15, 0.2) is 24.3 Å². The van der Waals surface area contributed by atoms with Gasteiger partial charge in [-0.05, 0) is 24.6 Å². The minimum atomic E-state index is -0.869. The number of carboxylic acid groups (broad SMARTS) is 1. The van der Waals surface area contributed by atoms with Crippen molar-refractivity contribution in [2.75, 3.05) is 38.0 Å². The molecule has 2 rings (SSSR count). The van der Waals surface area contributed by atoms with E-state index in [2.05, 4.69) is 10.2 Å². The van der Waals surface area contributed by atoms with Crippen molar-refractivity contribution in [1.82, 2.24) is 9.80 Å². The number of carbonyl (C=O) groups is 2. The molecule has 0 bridgehead atoms. The first-order valence-electron chi connectivity index (χ1n) is 7.11. The lowest BCUT2D eigenvalue weighted by Gasteiger charge is -2.32. The second-order valence-corrected chi connectivity index (χ2v) is 5.28. The third-order valence-electron chi connectivity index (χ3n) is 3.60. The van der Waals surface area contributed by atoms with Crippen molar-refractivity contribution in [2.24, 2.45) is 0 Å². The van der Waals surface area contributed by atoms with Crippen LogP contribution in [-0.4, -0.2) is 59.6 Å². The van der Waals surface area contributed by atoms with Gasteiger partial charge in [-0.3, -0.25) is 9.69 Å². The first kappa shape index (κ1) is 15.3. The summed E-state index contributed by atoms with van der Waals surface area (Å²) in [6.07, 6.45) is -0.451. The van der Waals surface area contributed by atoms with Gasteiger partial charge in [0.1, 0.15) is 0 Å². The third kappa shape index (κ3) is 4.75. The maximum Gasteiger partial charge on any atom is 0.407 e. The Kier molecular flexibility index (Phi) is 5.16. The van der Waals surface area contributed by atoms with Gasteiger partial charge in [0.2, 0.25) is 5.91 Å². The van der Waals surface area contributed by atoms with Gasteiger partial charge in [0.25, 0.3) is 0 Å². The summed E-state index contributed by atoms with van der Waals surface area (Å²) in [4.78, 5) is 26.2. The van der Waals surface area contributed by atoms with Gasteiger partial charge in [0.05, 0.1) is 0 Å². The SMILES string of the molecule is Cc1cccc(NC(=O)CCN2CCN(C(=O)O)CC2)c1. The van der Waals surface area contributed by atoms with Crippen LogP contribution in [0.25, 0.3) is 0 Å². The summed E-state index contributed by atoms with van der Waals surface area (Å²) in [6, 6.07) is 7.70. The molecule has 0 unspecified atom stereocenters. The van der Waals surface area contributed by atoms with Crippen molar-refractivity contribution >= 4 is 17.7 Å². The maximum atomic E-state index is 11.9. The number of hydrogen-bond acceptors (Lipinski definition) is 3. The molecule has 2 amide bonds. The Hall–Kier alpha value is -2.08. The van der Waals surface area contributed by atoms with Gasteiger partial charge in [0, 0.05) is 44.8 Å². The summed E-state index contributed by atoms with van der Waals surface area (Å²) in [7, 11) is 0. The second-order valence-electron chi connectivity index (χ2n) is 5.28. The topological polar surface area (TPSA) is 72.9 Å². The number of carbonyl (C=O) groups excluding carboxylic acids is 1. The van der Waals surface area contributed by atoms with Crippen LogP contribution in [0.2, 0.25) is 0 Å². The van der Waals surface area contributed by atoms with E-state index in [1.54, 1.807) is 0 Å². The Labute approximate surface area is 124 Å². The van der Waals surface area contributed by atoms with Gasteiger partial charge in [-0.2, -0.15) is 0 Å². The molecule has 0 radical (unpaired) electrons. The van der Waals surface area contributed by atoms with Crippen LogP contribution in [-0.2, 0) is 4.79 Å². The smallest absolute Gasteiger partial charge is 0.407 e. The fourth-order valence-corrected chi connectivity index (χ4v) is 2.37. The van der Waals surface area contributed by atoms with Crippen molar-refractivity contribution in [1.29, 1.82) is 0 Å². The summed E-state index contributed by atoms with van der Waals surface area (Å²) in [5, 5.41) is 11.8. The van der Waals surface area contributed by atoms with Crippen LogP contribution >= 0.6 is 0 Å². The number of amides is 2. The van der Waals surface area contributed by atoms with E-state index >= 15 is 0 Å². The molecule has 0 aliphatic carbocycles. The van der Waals surface area contributed by atoms with Crippen LogP contribution < -0.4 is 5.32 Å².